The van der Waals surface area contributed by atoms with Gasteiger partial charge in [0, 0.05) is 30.7 Å². The highest BCUT2D eigenvalue weighted by molar-refractivity contribution is 7.16. The molecule has 2 rings (SSSR count). The van der Waals surface area contributed by atoms with E-state index in [1.165, 1.54) is 10.8 Å². The fraction of sp³-hybridized carbons (Fsp3) is 0.273. The number of halogens is 2. The van der Waals surface area contributed by atoms with E-state index in [1.807, 2.05) is 12.1 Å². The summed E-state index contributed by atoms with van der Waals surface area (Å²) in [5.41, 5.74) is -0.291. The van der Waals surface area contributed by atoms with Crippen molar-refractivity contribution in [2.75, 3.05) is 6.54 Å². The van der Waals surface area contributed by atoms with Crippen molar-refractivity contribution < 1.29 is 0 Å². The zero-order valence-corrected chi connectivity index (χ0v) is 11.7. The van der Waals surface area contributed by atoms with Crippen molar-refractivity contribution in [3.8, 4) is 0 Å². The van der Waals surface area contributed by atoms with Crippen LogP contribution in [0.25, 0.3) is 0 Å². The molecular formula is C11H11Cl2N3OS. The maximum absolute atomic E-state index is 11.4. The average Bonchev–Trinajstić information content (AvgIpc) is 2.75. The van der Waals surface area contributed by atoms with Crippen molar-refractivity contribution in [2.45, 2.75) is 13.1 Å². The zero-order valence-electron chi connectivity index (χ0n) is 9.40. The Labute approximate surface area is 118 Å². The lowest BCUT2D eigenvalue weighted by molar-refractivity contribution is 0.578. The van der Waals surface area contributed by atoms with Crippen LogP contribution in [-0.2, 0) is 13.1 Å². The molecule has 4 nitrogen and oxygen atoms in total. The second kappa shape index (κ2) is 6.33. The molecule has 2 heterocycles. The highest BCUT2D eigenvalue weighted by Gasteiger charge is 2.00. The minimum absolute atomic E-state index is 0.291. The standard InChI is InChI=1S/C11H11Cl2N3OS/c12-8-5-15-11(17)16(7-8)4-3-14-6-9-1-2-10(13)18-9/h1-2,5,7,14H,3-4,6H2. The van der Waals surface area contributed by atoms with Gasteiger partial charge in [-0.15, -0.1) is 11.3 Å². The molecule has 0 aliphatic rings. The SMILES string of the molecule is O=c1ncc(Cl)cn1CCNCc1ccc(Cl)s1. The highest BCUT2D eigenvalue weighted by atomic mass is 35.5. The van der Waals surface area contributed by atoms with Crippen molar-refractivity contribution in [3.63, 3.8) is 0 Å². The minimum atomic E-state index is -0.291. The Morgan fingerprint density at radius 2 is 2.22 bits per heavy atom. The van der Waals surface area contributed by atoms with Gasteiger partial charge >= 0.3 is 5.69 Å². The van der Waals surface area contributed by atoms with Gasteiger partial charge in [0.15, 0.2) is 0 Å². The Balaban J connectivity index is 1.82. The van der Waals surface area contributed by atoms with Gasteiger partial charge in [0.25, 0.3) is 0 Å². The number of aromatic nitrogens is 2. The first-order valence-electron chi connectivity index (χ1n) is 5.32. The maximum atomic E-state index is 11.4. The molecule has 18 heavy (non-hydrogen) atoms. The molecule has 0 amide bonds. The molecule has 0 atom stereocenters. The van der Waals surface area contributed by atoms with Crippen LogP contribution in [0.5, 0.6) is 0 Å². The third kappa shape index (κ3) is 3.81. The molecule has 0 radical (unpaired) electrons. The van der Waals surface area contributed by atoms with E-state index < -0.39 is 0 Å². The van der Waals surface area contributed by atoms with Gasteiger partial charge in [-0.1, -0.05) is 23.2 Å². The maximum Gasteiger partial charge on any atom is 0.347 e. The fourth-order valence-corrected chi connectivity index (χ4v) is 2.67. The van der Waals surface area contributed by atoms with Crippen LogP contribution in [0.1, 0.15) is 4.88 Å². The van der Waals surface area contributed by atoms with Crippen LogP contribution in [0, 0.1) is 0 Å². The largest absolute Gasteiger partial charge is 0.347 e. The van der Waals surface area contributed by atoms with Crippen molar-refractivity contribution in [2.24, 2.45) is 0 Å². The predicted octanol–water partition coefficient (Wildman–Crippen LogP) is 2.40. The molecular weight excluding hydrogens is 293 g/mol. The molecule has 2 aromatic rings. The van der Waals surface area contributed by atoms with Gasteiger partial charge in [0.1, 0.15) is 0 Å². The first-order valence-corrected chi connectivity index (χ1v) is 6.89. The zero-order chi connectivity index (χ0) is 13.0. The smallest absolute Gasteiger partial charge is 0.310 e. The van der Waals surface area contributed by atoms with Gasteiger partial charge in [-0.3, -0.25) is 4.57 Å². The van der Waals surface area contributed by atoms with E-state index in [2.05, 4.69) is 10.3 Å². The van der Waals surface area contributed by atoms with E-state index in [0.29, 0.717) is 18.1 Å². The Morgan fingerprint density at radius 3 is 2.94 bits per heavy atom. The summed E-state index contributed by atoms with van der Waals surface area (Å²) in [6.45, 7) is 1.93. The molecule has 0 saturated carbocycles. The lowest BCUT2D eigenvalue weighted by atomic mass is 10.4. The van der Waals surface area contributed by atoms with Crippen LogP contribution in [0.4, 0.5) is 0 Å². The topological polar surface area (TPSA) is 46.9 Å². The molecule has 0 saturated heterocycles. The monoisotopic (exact) mass is 303 g/mol. The van der Waals surface area contributed by atoms with E-state index in [-0.39, 0.29) is 5.69 Å². The van der Waals surface area contributed by atoms with Crippen LogP contribution in [0.2, 0.25) is 9.36 Å². The van der Waals surface area contributed by atoms with E-state index >= 15 is 0 Å². The summed E-state index contributed by atoms with van der Waals surface area (Å²) in [5.74, 6) is 0. The third-order valence-corrected chi connectivity index (χ3v) is 3.71. The van der Waals surface area contributed by atoms with Crippen LogP contribution < -0.4 is 11.0 Å². The molecule has 7 heteroatoms. The summed E-state index contributed by atoms with van der Waals surface area (Å²) in [6.07, 6.45) is 2.93. The Kier molecular flexibility index (Phi) is 4.77. The quantitative estimate of drug-likeness (QED) is 0.863. The summed E-state index contributed by atoms with van der Waals surface area (Å²) < 4.78 is 2.26. The van der Waals surface area contributed by atoms with E-state index in [9.17, 15) is 4.79 Å². The minimum Gasteiger partial charge on any atom is -0.310 e. The molecule has 0 aliphatic heterocycles. The number of nitrogens with zero attached hydrogens (tertiary/aromatic N) is 2. The Bertz CT molecular complexity index is 582. The summed E-state index contributed by atoms with van der Waals surface area (Å²) in [4.78, 5) is 16.2. The van der Waals surface area contributed by atoms with E-state index in [4.69, 9.17) is 23.2 Å². The van der Waals surface area contributed by atoms with Crippen molar-refractivity contribution in [1.29, 1.82) is 0 Å². The highest BCUT2D eigenvalue weighted by Crippen LogP contribution is 2.20. The normalized spacial score (nSPS) is 10.8. The van der Waals surface area contributed by atoms with Gasteiger partial charge < -0.3 is 5.32 Å². The Morgan fingerprint density at radius 1 is 1.39 bits per heavy atom. The fourth-order valence-electron chi connectivity index (χ4n) is 1.45. The number of rotatable bonds is 5. The lowest BCUT2D eigenvalue weighted by Gasteiger charge is -2.06. The second-order valence-electron chi connectivity index (χ2n) is 3.63. The molecule has 0 bridgehead atoms. The predicted molar refractivity (Wildman–Crippen MR) is 74.5 cm³/mol. The number of hydrogen-bond donors (Lipinski definition) is 1. The molecule has 0 aliphatic carbocycles. The van der Waals surface area contributed by atoms with Crippen LogP contribution in [0.3, 0.4) is 0 Å². The number of nitrogens with one attached hydrogen (secondary N) is 1. The van der Waals surface area contributed by atoms with Gasteiger partial charge in [0.2, 0.25) is 0 Å². The number of thiophene rings is 1. The summed E-state index contributed by atoms with van der Waals surface area (Å²) in [7, 11) is 0. The first kappa shape index (κ1) is 13.5. The van der Waals surface area contributed by atoms with Gasteiger partial charge in [-0.25, -0.2) is 9.78 Å². The summed E-state index contributed by atoms with van der Waals surface area (Å²) >= 11 is 13.1. The summed E-state index contributed by atoms with van der Waals surface area (Å²) in [5, 5.41) is 3.69. The Hall–Kier alpha value is -0.880. The van der Waals surface area contributed by atoms with Gasteiger partial charge in [-0.2, -0.15) is 0 Å². The van der Waals surface area contributed by atoms with Crippen LogP contribution in [0.15, 0.2) is 29.3 Å². The molecule has 2 aromatic heterocycles. The molecule has 0 spiro atoms. The second-order valence-corrected chi connectivity index (χ2v) is 5.87. The average molecular weight is 304 g/mol. The summed E-state index contributed by atoms with van der Waals surface area (Å²) in [6, 6.07) is 3.85. The van der Waals surface area contributed by atoms with Gasteiger partial charge in [0.05, 0.1) is 15.6 Å². The lowest BCUT2D eigenvalue weighted by Crippen LogP contribution is -2.27. The molecule has 0 unspecified atom stereocenters. The van der Waals surface area contributed by atoms with E-state index in [0.717, 1.165) is 15.8 Å². The molecule has 0 fully saturated rings. The van der Waals surface area contributed by atoms with Crippen molar-refractivity contribution in [3.05, 3.63) is 49.2 Å². The molecule has 96 valence electrons. The van der Waals surface area contributed by atoms with Crippen LogP contribution >= 0.6 is 34.5 Å². The molecule has 0 aromatic carbocycles. The van der Waals surface area contributed by atoms with Crippen LogP contribution in [-0.4, -0.2) is 16.1 Å². The van der Waals surface area contributed by atoms with Crippen molar-refractivity contribution >= 4 is 34.5 Å². The molecule has 1 N–H and O–H groups in total. The first-order chi connectivity index (χ1) is 8.65. The van der Waals surface area contributed by atoms with Crippen molar-refractivity contribution in [1.82, 2.24) is 14.9 Å². The number of hydrogen-bond acceptors (Lipinski definition) is 4. The van der Waals surface area contributed by atoms with Gasteiger partial charge in [-0.05, 0) is 12.1 Å². The third-order valence-electron chi connectivity index (χ3n) is 2.28. The van der Waals surface area contributed by atoms with E-state index in [1.54, 1.807) is 17.5 Å².